The molecule has 0 unspecified atom stereocenters. The number of benzene rings is 2. The van der Waals surface area contributed by atoms with Crippen molar-refractivity contribution in [3.8, 4) is 5.75 Å². The zero-order valence-corrected chi connectivity index (χ0v) is 16.6. The van der Waals surface area contributed by atoms with Crippen molar-refractivity contribution in [1.82, 2.24) is 4.90 Å². The number of hydrogen-bond donors (Lipinski definition) is 1. The first-order valence-corrected chi connectivity index (χ1v) is 9.96. The van der Waals surface area contributed by atoms with Gasteiger partial charge in [-0.1, -0.05) is 32.0 Å². The summed E-state index contributed by atoms with van der Waals surface area (Å²) in [6.07, 6.45) is 3.00. The highest BCUT2D eigenvalue weighted by Gasteiger charge is 2.21. The molecule has 148 valence electrons. The molecule has 1 fully saturated rings. The van der Waals surface area contributed by atoms with E-state index in [4.69, 9.17) is 4.74 Å². The average Bonchev–Trinajstić information content (AvgIpc) is 2.72. The van der Waals surface area contributed by atoms with Gasteiger partial charge in [-0.2, -0.15) is 0 Å². The fourth-order valence-electron chi connectivity index (χ4n) is 3.33. The summed E-state index contributed by atoms with van der Waals surface area (Å²) in [5.74, 6) is 1.12. The van der Waals surface area contributed by atoms with E-state index in [1.807, 2.05) is 29.2 Å². The van der Waals surface area contributed by atoms with Gasteiger partial charge in [0.25, 0.3) is 11.8 Å². The molecule has 5 heteroatoms. The molecule has 0 saturated carbocycles. The maximum Gasteiger partial charge on any atom is 0.262 e. The van der Waals surface area contributed by atoms with Crippen molar-refractivity contribution >= 4 is 17.5 Å². The maximum atomic E-state index is 12.7. The van der Waals surface area contributed by atoms with Crippen LogP contribution in [0.2, 0.25) is 0 Å². The van der Waals surface area contributed by atoms with Crippen LogP contribution >= 0.6 is 0 Å². The number of ether oxygens (including phenoxy) is 1. The van der Waals surface area contributed by atoms with Crippen molar-refractivity contribution < 1.29 is 14.3 Å². The van der Waals surface area contributed by atoms with E-state index in [0.29, 0.717) is 22.9 Å². The minimum absolute atomic E-state index is 0.0237. The highest BCUT2D eigenvalue weighted by Crippen LogP contribution is 2.20. The zero-order valence-electron chi connectivity index (χ0n) is 16.6. The zero-order chi connectivity index (χ0) is 19.9. The fraction of sp³-hybridized carbons (Fsp3) is 0.391. The van der Waals surface area contributed by atoms with Crippen molar-refractivity contribution in [2.24, 2.45) is 5.92 Å². The van der Waals surface area contributed by atoms with Gasteiger partial charge in [0.2, 0.25) is 0 Å². The van der Waals surface area contributed by atoms with Crippen molar-refractivity contribution in [3.05, 3.63) is 59.7 Å². The van der Waals surface area contributed by atoms with Crippen molar-refractivity contribution in [3.63, 3.8) is 0 Å². The van der Waals surface area contributed by atoms with Crippen LogP contribution in [0.25, 0.3) is 0 Å². The summed E-state index contributed by atoms with van der Waals surface area (Å²) in [6.45, 7) is 5.81. The molecule has 0 aliphatic carbocycles. The first-order chi connectivity index (χ1) is 13.5. The molecule has 2 amide bonds. The summed E-state index contributed by atoms with van der Waals surface area (Å²) in [5, 5.41) is 2.81. The standard InChI is InChI=1S/C23H28N2O3/c1-3-18-6-4-9-21(14-18)28-16-22(26)24-20-8-5-7-19(15-20)23(27)25-12-10-17(2)11-13-25/h4-9,14-15,17H,3,10-13,16H2,1-2H3,(H,24,26). The Kier molecular flexibility index (Phi) is 6.69. The molecule has 2 aromatic rings. The molecule has 0 atom stereocenters. The maximum absolute atomic E-state index is 12.7. The molecule has 1 heterocycles. The quantitative estimate of drug-likeness (QED) is 0.819. The lowest BCUT2D eigenvalue weighted by molar-refractivity contribution is -0.118. The summed E-state index contributed by atoms with van der Waals surface area (Å²) < 4.78 is 5.58. The van der Waals surface area contributed by atoms with Crippen LogP contribution in [0.1, 0.15) is 42.6 Å². The lowest BCUT2D eigenvalue weighted by atomic mass is 9.98. The Hall–Kier alpha value is -2.82. The third kappa shape index (κ3) is 5.35. The number of amides is 2. The fourth-order valence-corrected chi connectivity index (χ4v) is 3.33. The Bertz CT molecular complexity index is 826. The van der Waals surface area contributed by atoms with Gasteiger partial charge in [-0.25, -0.2) is 0 Å². The molecule has 0 spiro atoms. The molecule has 1 N–H and O–H groups in total. The van der Waals surface area contributed by atoms with Gasteiger partial charge in [0.1, 0.15) is 5.75 Å². The second-order valence-electron chi connectivity index (χ2n) is 7.39. The van der Waals surface area contributed by atoms with Crippen LogP contribution in [-0.4, -0.2) is 36.4 Å². The van der Waals surface area contributed by atoms with Crippen LogP contribution in [-0.2, 0) is 11.2 Å². The molecular formula is C23H28N2O3. The highest BCUT2D eigenvalue weighted by atomic mass is 16.5. The molecule has 3 rings (SSSR count). The number of anilines is 1. The van der Waals surface area contributed by atoms with Gasteiger partial charge in [0.15, 0.2) is 6.61 Å². The van der Waals surface area contributed by atoms with Gasteiger partial charge in [-0.05, 0) is 61.1 Å². The first kappa shape index (κ1) is 19.9. The Balaban J connectivity index is 1.56. The molecule has 0 radical (unpaired) electrons. The summed E-state index contributed by atoms with van der Waals surface area (Å²) in [5.41, 5.74) is 2.37. The van der Waals surface area contributed by atoms with Gasteiger partial charge in [0.05, 0.1) is 0 Å². The molecule has 5 nitrogen and oxygen atoms in total. The number of rotatable bonds is 6. The van der Waals surface area contributed by atoms with Crippen molar-refractivity contribution in [2.45, 2.75) is 33.1 Å². The van der Waals surface area contributed by atoms with Gasteiger partial charge in [0, 0.05) is 24.3 Å². The van der Waals surface area contributed by atoms with Crippen LogP contribution in [0, 0.1) is 5.92 Å². The van der Waals surface area contributed by atoms with Crippen LogP contribution in [0.5, 0.6) is 5.75 Å². The van der Waals surface area contributed by atoms with Gasteiger partial charge in [-0.15, -0.1) is 0 Å². The van der Waals surface area contributed by atoms with E-state index in [-0.39, 0.29) is 18.4 Å². The Labute approximate surface area is 166 Å². The third-order valence-electron chi connectivity index (χ3n) is 5.14. The van der Waals surface area contributed by atoms with E-state index in [1.165, 1.54) is 0 Å². The average molecular weight is 380 g/mol. The van der Waals surface area contributed by atoms with Crippen LogP contribution in [0.3, 0.4) is 0 Å². The second-order valence-corrected chi connectivity index (χ2v) is 7.39. The molecule has 0 bridgehead atoms. The van der Waals surface area contributed by atoms with Crippen LogP contribution in [0.15, 0.2) is 48.5 Å². The molecule has 28 heavy (non-hydrogen) atoms. The van der Waals surface area contributed by atoms with Gasteiger partial charge >= 0.3 is 0 Å². The Morgan fingerprint density at radius 2 is 1.86 bits per heavy atom. The number of aryl methyl sites for hydroxylation is 1. The van der Waals surface area contributed by atoms with Gasteiger partial charge < -0.3 is 15.0 Å². The summed E-state index contributed by atoms with van der Waals surface area (Å²) in [7, 11) is 0. The SMILES string of the molecule is CCc1cccc(OCC(=O)Nc2cccc(C(=O)N3CCC(C)CC3)c2)c1. The normalized spacial score (nSPS) is 14.6. The minimum Gasteiger partial charge on any atom is -0.484 e. The topological polar surface area (TPSA) is 58.6 Å². The number of hydrogen-bond acceptors (Lipinski definition) is 3. The molecule has 0 aromatic heterocycles. The minimum atomic E-state index is -0.252. The second kappa shape index (κ2) is 9.40. The molecule has 1 aliphatic rings. The molecule has 2 aromatic carbocycles. The van der Waals surface area contributed by atoms with Crippen molar-refractivity contribution in [1.29, 1.82) is 0 Å². The van der Waals surface area contributed by atoms with Crippen LogP contribution in [0.4, 0.5) is 5.69 Å². The lowest BCUT2D eigenvalue weighted by Gasteiger charge is -2.30. The smallest absolute Gasteiger partial charge is 0.262 e. The van der Waals surface area contributed by atoms with Crippen LogP contribution < -0.4 is 10.1 Å². The predicted molar refractivity (Wildman–Crippen MR) is 111 cm³/mol. The number of nitrogens with one attached hydrogen (secondary N) is 1. The summed E-state index contributed by atoms with van der Waals surface area (Å²) >= 11 is 0. The molecule has 1 saturated heterocycles. The lowest BCUT2D eigenvalue weighted by Crippen LogP contribution is -2.37. The number of nitrogens with zero attached hydrogens (tertiary/aromatic N) is 1. The van der Waals surface area contributed by atoms with E-state index in [0.717, 1.165) is 37.9 Å². The van der Waals surface area contributed by atoms with Gasteiger partial charge in [-0.3, -0.25) is 9.59 Å². The number of carbonyl (C=O) groups excluding carboxylic acids is 2. The third-order valence-corrected chi connectivity index (χ3v) is 5.14. The molecule has 1 aliphatic heterocycles. The highest BCUT2D eigenvalue weighted by molar-refractivity contribution is 5.97. The van der Waals surface area contributed by atoms with E-state index >= 15 is 0 Å². The first-order valence-electron chi connectivity index (χ1n) is 9.96. The Morgan fingerprint density at radius 3 is 2.61 bits per heavy atom. The number of likely N-dealkylation sites (tertiary alicyclic amines) is 1. The van der Waals surface area contributed by atoms with E-state index in [9.17, 15) is 9.59 Å². The predicted octanol–water partition coefficient (Wildman–Crippen LogP) is 4.14. The van der Waals surface area contributed by atoms with E-state index < -0.39 is 0 Å². The summed E-state index contributed by atoms with van der Waals surface area (Å²) in [4.78, 5) is 26.8. The summed E-state index contributed by atoms with van der Waals surface area (Å²) in [6, 6.07) is 14.8. The van der Waals surface area contributed by atoms with Crippen molar-refractivity contribution in [2.75, 3.05) is 25.0 Å². The Morgan fingerprint density at radius 1 is 1.11 bits per heavy atom. The monoisotopic (exact) mass is 380 g/mol. The number of piperidine rings is 1. The largest absolute Gasteiger partial charge is 0.484 e. The molecular weight excluding hydrogens is 352 g/mol. The van der Waals surface area contributed by atoms with E-state index in [1.54, 1.807) is 24.3 Å². The number of carbonyl (C=O) groups is 2. The van der Waals surface area contributed by atoms with E-state index in [2.05, 4.69) is 19.2 Å².